The van der Waals surface area contributed by atoms with E-state index >= 15 is 0 Å². The maximum atomic E-state index is 14.1. The van der Waals surface area contributed by atoms with Crippen LogP contribution < -0.4 is 10.1 Å². The number of nitrogens with one attached hydrogen (secondary N) is 1. The number of benzene rings is 1. The molecule has 1 N–H and O–H groups in total. The molecule has 114 valence electrons. The first-order chi connectivity index (χ1) is 9.96. The highest BCUT2D eigenvalue weighted by atomic mass is 19.1. The van der Waals surface area contributed by atoms with Gasteiger partial charge in [-0.25, -0.2) is 4.39 Å². The molecule has 0 aromatic heterocycles. The van der Waals surface area contributed by atoms with Gasteiger partial charge in [-0.15, -0.1) is 0 Å². The molecule has 2 atom stereocenters. The van der Waals surface area contributed by atoms with Crippen molar-refractivity contribution in [3.05, 3.63) is 29.6 Å². The first-order valence-electron chi connectivity index (χ1n) is 7.32. The third-order valence-electron chi connectivity index (χ3n) is 5.01. The largest absolute Gasteiger partial charge is 0.496 e. The van der Waals surface area contributed by atoms with E-state index in [9.17, 15) is 9.18 Å². The van der Waals surface area contributed by atoms with Crippen LogP contribution in [0.25, 0.3) is 0 Å². The van der Waals surface area contributed by atoms with Crippen LogP contribution in [0.2, 0.25) is 0 Å². The minimum atomic E-state index is -0.523. The van der Waals surface area contributed by atoms with Gasteiger partial charge in [-0.1, -0.05) is 6.07 Å². The molecule has 0 saturated carbocycles. The minimum absolute atomic E-state index is 0.0426. The second-order valence-corrected chi connectivity index (χ2v) is 6.41. The molecule has 1 aromatic rings. The summed E-state index contributed by atoms with van der Waals surface area (Å²) in [5.74, 6) is 0.363. The van der Waals surface area contributed by atoms with Gasteiger partial charge in [0, 0.05) is 25.2 Å². The first kappa shape index (κ1) is 14.3. The van der Waals surface area contributed by atoms with Crippen LogP contribution in [-0.2, 0) is 0 Å². The van der Waals surface area contributed by atoms with Gasteiger partial charge in [0.1, 0.15) is 17.1 Å². The Labute approximate surface area is 124 Å². The number of rotatable bonds is 2. The van der Waals surface area contributed by atoms with Crippen molar-refractivity contribution < 1.29 is 13.9 Å². The van der Waals surface area contributed by atoms with E-state index in [0.29, 0.717) is 24.1 Å². The molecule has 1 amide bonds. The third-order valence-corrected chi connectivity index (χ3v) is 5.01. The Morgan fingerprint density at radius 3 is 2.86 bits per heavy atom. The standard InChI is InChI=1S/C16H21FN2O2/c1-16(2)11-8-18-7-10(11)9-19(16)15(20)14-12(17)5-4-6-13(14)21-3/h4-6,10-11,18H,7-9H2,1-3H3. The Bertz CT molecular complexity index is 573. The molecule has 2 fully saturated rings. The van der Waals surface area contributed by atoms with Crippen LogP contribution in [0.15, 0.2) is 18.2 Å². The van der Waals surface area contributed by atoms with Crippen molar-refractivity contribution in [3.8, 4) is 5.75 Å². The van der Waals surface area contributed by atoms with Gasteiger partial charge in [0.25, 0.3) is 5.91 Å². The van der Waals surface area contributed by atoms with Gasteiger partial charge >= 0.3 is 0 Å². The monoisotopic (exact) mass is 292 g/mol. The van der Waals surface area contributed by atoms with E-state index in [-0.39, 0.29) is 17.0 Å². The summed E-state index contributed by atoms with van der Waals surface area (Å²) in [6.45, 7) is 6.63. The molecule has 1 aromatic carbocycles. The molecule has 0 bridgehead atoms. The average molecular weight is 292 g/mol. The van der Waals surface area contributed by atoms with Crippen molar-refractivity contribution in [2.45, 2.75) is 19.4 Å². The van der Waals surface area contributed by atoms with E-state index in [4.69, 9.17) is 4.74 Å². The van der Waals surface area contributed by atoms with Crippen molar-refractivity contribution >= 4 is 5.91 Å². The summed E-state index contributed by atoms with van der Waals surface area (Å²) in [5.41, 5.74) is -0.237. The summed E-state index contributed by atoms with van der Waals surface area (Å²) in [7, 11) is 1.46. The molecule has 2 aliphatic rings. The van der Waals surface area contributed by atoms with Crippen molar-refractivity contribution in [3.63, 3.8) is 0 Å². The summed E-state index contributed by atoms with van der Waals surface area (Å²) >= 11 is 0. The fourth-order valence-electron chi connectivity index (χ4n) is 3.78. The molecule has 0 spiro atoms. The van der Waals surface area contributed by atoms with Crippen molar-refractivity contribution in [1.82, 2.24) is 10.2 Å². The van der Waals surface area contributed by atoms with E-state index in [2.05, 4.69) is 19.2 Å². The molecule has 2 unspecified atom stereocenters. The molecular weight excluding hydrogens is 271 g/mol. The lowest BCUT2D eigenvalue weighted by Crippen LogP contribution is -2.47. The van der Waals surface area contributed by atoms with Crippen LogP contribution >= 0.6 is 0 Å². The number of carbonyl (C=O) groups is 1. The molecule has 2 saturated heterocycles. The van der Waals surface area contributed by atoms with Crippen LogP contribution in [0.1, 0.15) is 24.2 Å². The summed E-state index contributed by atoms with van der Waals surface area (Å²) < 4.78 is 19.3. The molecule has 0 aliphatic carbocycles. The predicted octanol–water partition coefficient (Wildman–Crippen LogP) is 1.90. The minimum Gasteiger partial charge on any atom is -0.496 e. The van der Waals surface area contributed by atoms with Crippen LogP contribution in [0.3, 0.4) is 0 Å². The van der Waals surface area contributed by atoms with Gasteiger partial charge in [0.05, 0.1) is 7.11 Å². The molecule has 2 aliphatic heterocycles. The fourth-order valence-corrected chi connectivity index (χ4v) is 3.78. The maximum absolute atomic E-state index is 14.1. The number of nitrogens with zero attached hydrogens (tertiary/aromatic N) is 1. The third kappa shape index (κ3) is 2.11. The summed E-state index contributed by atoms with van der Waals surface area (Å²) in [6, 6.07) is 4.49. The number of hydrogen-bond acceptors (Lipinski definition) is 3. The molecule has 3 rings (SSSR count). The number of hydrogen-bond donors (Lipinski definition) is 1. The molecular formula is C16H21FN2O2. The van der Waals surface area contributed by atoms with Crippen LogP contribution in [0.4, 0.5) is 4.39 Å². The summed E-state index contributed by atoms with van der Waals surface area (Å²) in [5, 5.41) is 3.38. The number of ether oxygens (including phenoxy) is 1. The van der Waals surface area contributed by atoms with Gasteiger partial charge in [-0.05, 0) is 37.8 Å². The Morgan fingerprint density at radius 2 is 2.19 bits per heavy atom. The van der Waals surface area contributed by atoms with Gasteiger partial charge < -0.3 is 15.0 Å². The molecule has 5 heteroatoms. The number of fused-ring (bicyclic) bond motifs is 1. The van der Waals surface area contributed by atoms with Gasteiger partial charge in [-0.3, -0.25) is 4.79 Å². The molecule has 0 radical (unpaired) electrons. The lowest BCUT2D eigenvalue weighted by Gasteiger charge is -2.36. The van der Waals surface area contributed by atoms with E-state index in [1.165, 1.54) is 13.2 Å². The molecule has 4 nitrogen and oxygen atoms in total. The number of halogens is 1. The van der Waals surface area contributed by atoms with Gasteiger partial charge in [-0.2, -0.15) is 0 Å². The van der Waals surface area contributed by atoms with E-state index in [1.54, 1.807) is 12.1 Å². The summed E-state index contributed by atoms with van der Waals surface area (Å²) in [4.78, 5) is 14.7. The lowest BCUT2D eigenvalue weighted by molar-refractivity contribution is 0.0595. The summed E-state index contributed by atoms with van der Waals surface area (Å²) in [6.07, 6.45) is 0. The van der Waals surface area contributed by atoms with Crippen molar-refractivity contribution in [1.29, 1.82) is 0 Å². The Hall–Kier alpha value is -1.62. The second-order valence-electron chi connectivity index (χ2n) is 6.41. The highest BCUT2D eigenvalue weighted by molar-refractivity contribution is 5.98. The second kappa shape index (κ2) is 4.98. The Balaban J connectivity index is 1.97. The lowest BCUT2D eigenvalue weighted by atomic mass is 9.84. The highest BCUT2D eigenvalue weighted by Gasteiger charge is 2.51. The number of methoxy groups -OCH3 is 1. The zero-order valence-electron chi connectivity index (χ0n) is 12.6. The van der Waals surface area contributed by atoms with E-state index < -0.39 is 5.82 Å². The normalized spacial score (nSPS) is 26.8. The van der Waals surface area contributed by atoms with Crippen molar-refractivity contribution in [2.24, 2.45) is 11.8 Å². The fraction of sp³-hybridized carbons (Fsp3) is 0.562. The van der Waals surface area contributed by atoms with Crippen LogP contribution in [0.5, 0.6) is 5.75 Å². The highest BCUT2D eigenvalue weighted by Crippen LogP contribution is 2.42. The zero-order chi connectivity index (χ0) is 15.2. The Morgan fingerprint density at radius 1 is 1.43 bits per heavy atom. The van der Waals surface area contributed by atoms with Gasteiger partial charge in [0.2, 0.25) is 0 Å². The average Bonchev–Trinajstić information content (AvgIpc) is 3.00. The van der Waals surface area contributed by atoms with Crippen molar-refractivity contribution in [2.75, 3.05) is 26.7 Å². The smallest absolute Gasteiger partial charge is 0.261 e. The quantitative estimate of drug-likeness (QED) is 0.905. The van der Waals surface area contributed by atoms with E-state index in [0.717, 1.165) is 13.1 Å². The topological polar surface area (TPSA) is 41.6 Å². The maximum Gasteiger partial charge on any atom is 0.261 e. The SMILES string of the molecule is COc1cccc(F)c1C(=O)N1CC2CNCC2C1(C)C. The Kier molecular flexibility index (Phi) is 3.40. The number of likely N-dealkylation sites (tertiary alicyclic amines) is 1. The number of amides is 1. The number of carbonyl (C=O) groups excluding carboxylic acids is 1. The molecule has 2 heterocycles. The van der Waals surface area contributed by atoms with Crippen LogP contribution in [-0.4, -0.2) is 43.1 Å². The van der Waals surface area contributed by atoms with Gasteiger partial charge in [0.15, 0.2) is 0 Å². The first-order valence-corrected chi connectivity index (χ1v) is 7.32. The zero-order valence-corrected chi connectivity index (χ0v) is 12.6. The van der Waals surface area contributed by atoms with Crippen LogP contribution in [0, 0.1) is 17.7 Å². The predicted molar refractivity (Wildman–Crippen MR) is 77.9 cm³/mol. The van der Waals surface area contributed by atoms with E-state index in [1.807, 2.05) is 4.90 Å². The molecule has 21 heavy (non-hydrogen) atoms.